The Kier molecular flexibility index (Phi) is 3.57. The van der Waals surface area contributed by atoms with Gasteiger partial charge in [-0.15, -0.1) is 0 Å². The van der Waals surface area contributed by atoms with Gasteiger partial charge in [-0.05, 0) is 6.42 Å². The van der Waals surface area contributed by atoms with Crippen molar-refractivity contribution in [2.45, 2.75) is 45.1 Å². The van der Waals surface area contributed by atoms with Gasteiger partial charge in [-0.3, -0.25) is 4.79 Å². The van der Waals surface area contributed by atoms with Crippen molar-refractivity contribution in [3.63, 3.8) is 0 Å². The van der Waals surface area contributed by atoms with Crippen LogP contribution in [0.5, 0.6) is 0 Å². The van der Waals surface area contributed by atoms with Crippen molar-refractivity contribution < 1.29 is 4.79 Å². The quantitative estimate of drug-likeness (QED) is 0.669. The zero-order valence-corrected chi connectivity index (χ0v) is 7.23. The second kappa shape index (κ2) is 4.50. The summed E-state index contributed by atoms with van der Waals surface area (Å²) in [6.07, 6.45) is 5.14. The molecule has 0 saturated carbocycles. The van der Waals surface area contributed by atoms with Crippen molar-refractivity contribution in [3.8, 4) is 0 Å². The van der Waals surface area contributed by atoms with E-state index in [2.05, 4.69) is 12.2 Å². The van der Waals surface area contributed by atoms with Gasteiger partial charge in [0.15, 0.2) is 0 Å². The molecule has 0 unspecified atom stereocenters. The van der Waals surface area contributed by atoms with Gasteiger partial charge < -0.3 is 5.32 Å². The maximum atomic E-state index is 11.0. The van der Waals surface area contributed by atoms with Crippen LogP contribution in [-0.4, -0.2) is 18.4 Å². The standard InChI is InChI=1S/C9H17NO/c1-2-3-4-8-7-9(11)5-6-10-8/h8,10H,2-7H2,1H3/t8-/m1/s1. The van der Waals surface area contributed by atoms with Gasteiger partial charge in [-0.1, -0.05) is 19.8 Å². The van der Waals surface area contributed by atoms with Gasteiger partial charge in [0, 0.05) is 25.4 Å². The molecule has 0 spiro atoms. The fourth-order valence-electron chi connectivity index (χ4n) is 1.52. The molecule has 0 aromatic rings. The van der Waals surface area contributed by atoms with Crippen molar-refractivity contribution in [2.24, 2.45) is 0 Å². The predicted molar refractivity (Wildman–Crippen MR) is 45.6 cm³/mol. The first-order valence-corrected chi connectivity index (χ1v) is 4.58. The Morgan fingerprint density at radius 2 is 2.45 bits per heavy atom. The molecule has 1 heterocycles. The Labute approximate surface area is 68.4 Å². The lowest BCUT2D eigenvalue weighted by Gasteiger charge is -2.22. The summed E-state index contributed by atoms with van der Waals surface area (Å²) in [5, 5.41) is 3.36. The van der Waals surface area contributed by atoms with Crippen LogP contribution in [0.3, 0.4) is 0 Å². The molecule has 1 fully saturated rings. The summed E-state index contributed by atoms with van der Waals surface area (Å²) in [5.74, 6) is 0.435. The molecule has 11 heavy (non-hydrogen) atoms. The summed E-state index contributed by atoms with van der Waals surface area (Å²) >= 11 is 0. The molecule has 0 bridgehead atoms. The Morgan fingerprint density at radius 1 is 1.64 bits per heavy atom. The number of carbonyl (C=O) groups is 1. The molecule has 0 aromatic carbocycles. The average Bonchev–Trinajstić information content (AvgIpc) is 2.01. The minimum absolute atomic E-state index is 0.435. The van der Waals surface area contributed by atoms with E-state index >= 15 is 0 Å². The number of hydrogen-bond acceptors (Lipinski definition) is 2. The molecular weight excluding hydrogens is 138 g/mol. The van der Waals surface area contributed by atoms with Crippen LogP contribution in [0.4, 0.5) is 0 Å². The number of Topliss-reactive ketones (excluding diaryl/α,β-unsaturated/α-hetero) is 1. The molecule has 0 radical (unpaired) electrons. The molecular formula is C9H17NO. The third-order valence-corrected chi connectivity index (χ3v) is 2.22. The molecule has 1 atom stereocenters. The van der Waals surface area contributed by atoms with Crippen LogP contribution < -0.4 is 5.32 Å². The number of hydrogen-bond donors (Lipinski definition) is 1. The maximum Gasteiger partial charge on any atom is 0.135 e. The molecule has 1 rings (SSSR count). The van der Waals surface area contributed by atoms with E-state index < -0.39 is 0 Å². The largest absolute Gasteiger partial charge is 0.313 e. The van der Waals surface area contributed by atoms with Crippen molar-refractivity contribution in [2.75, 3.05) is 6.54 Å². The first-order valence-electron chi connectivity index (χ1n) is 4.58. The fourth-order valence-corrected chi connectivity index (χ4v) is 1.52. The molecule has 1 saturated heterocycles. The summed E-state index contributed by atoms with van der Waals surface area (Å²) < 4.78 is 0. The van der Waals surface area contributed by atoms with E-state index in [1.165, 1.54) is 19.3 Å². The number of nitrogens with one attached hydrogen (secondary N) is 1. The van der Waals surface area contributed by atoms with Crippen LogP contribution in [0.2, 0.25) is 0 Å². The summed E-state index contributed by atoms with van der Waals surface area (Å²) in [5.41, 5.74) is 0. The van der Waals surface area contributed by atoms with Crippen LogP contribution in [0, 0.1) is 0 Å². The smallest absolute Gasteiger partial charge is 0.135 e. The van der Waals surface area contributed by atoms with Gasteiger partial charge in [-0.2, -0.15) is 0 Å². The van der Waals surface area contributed by atoms with E-state index in [9.17, 15) is 4.79 Å². The molecule has 0 aromatic heterocycles. The topological polar surface area (TPSA) is 29.1 Å². The lowest BCUT2D eigenvalue weighted by atomic mass is 9.99. The van der Waals surface area contributed by atoms with E-state index in [1.807, 2.05) is 0 Å². The first kappa shape index (κ1) is 8.72. The lowest BCUT2D eigenvalue weighted by Crippen LogP contribution is -2.38. The van der Waals surface area contributed by atoms with Gasteiger partial charge in [0.25, 0.3) is 0 Å². The highest BCUT2D eigenvalue weighted by atomic mass is 16.1. The molecule has 2 nitrogen and oxygen atoms in total. The molecule has 1 N–H and O–H groups in total. The molecule has 0 aliphatic carbocycles. The molecule has 64 valence electrons. The highest BCUT2D eigenvalue weighted by Gasteiger charge is 2.17. The number of carbonyl (C=O) groups excluding carboxylic acids is 1. The van der Waals surface area contributed by atoms with Gasteiger partial charge in [0.05, 0.1) is 0 Å². The normalized spacial score (nSPS) is 25.5. The zero-order valence-electron chi connectivity index (χ0n) is 7.23. The molecule has 1 aliphatic rings. The summed E-state index contributed by atoms with van der Waals surface area (Å²) in [6, 6.07) is 0.483. The third kappa shape index (κ3) is 3.02. The molecule has 0 amide bonds. The van der Waals surface area contributed by atoms with Gasteiger partial charge in [0.2, 0.25) is 0 Å². The minimum Gasteiger partial charge on any atom is -0.313 e. The van der Waals surface area contributed by atoms with Gasteiger partial charge >= 0.3 is 0 Å². The number of unbranched alkanes of at least 4 members (excludes halogenated alkanes) is 1. The number of ketones is 1. The summed E-state index contributed by atoms with van der Waals surface area (Å²) in [6.45, 7) is 3.08. The van der Waals surface area contributed by atoms with Gasteiger partial charge in [0.1, 0.15) is 5.78 Å². The molecule has 1 aliphatic heterocycles. The van der Waals surface area contributed by atoms with E-state index in [0.717, 1.165) is 19.4 Å². The van der Waals surface area contributed by atoms with Crippen LogP contribution in [0.15, 0.2) is 0 Å². The average molecular weight is 155 g/mol. The fraction of sp³-hybridized carbons (Fsp3) is 0.889. The third-order valence-electron chi connectivity index (χ3n) is 2.22. The Bertz CT molecular complexity index is 134. The monoisotopic (exact) mass is 155 g/mol. The summed E-state index contributed by atoms with van der Waals surface area (Å²) in [4.78, 5) is 11.0. The predicted octanol–water partition coefficient (Wildman–Crippen LogP) is 1.50. The van der Waals surface area contributed by atoms with E-state index in [1.54, 1.807) is 0 Å². The Hall–Kier alpha value is -0.370. The van der Waals surface area contributed by atoms with E-state index in [4.69, 9.17) is 0 Å². The second-order valence-electron chi connectivity index (χ2n) is 3.29. The van der Waals surface area contributed by atoms with Crippen molar-refractivity contribution in [3.05, 3.63) is 0 Å². The Morgan fingerprint density at radius 3 is 3.09 bits per heavy atom. The summed E-state index contributed by atoms with van der Waals surface area (Å²) in [7, 11) is 0. The lowest BCUT2D eigenvalue weighted by molar-refractivity contribution is -0.120. The SMILES string of the molecule is CCCC[C@@H]1CC(=O)CCN1. The highest BCUT2D eigenvalue weighted by Crippen LogP contribution is 2.09. The van der Waals surface area contributed by atoms with Crippen LogP contribution >= 0.6 is 0 Å². The van der Waals surface area contributed by atoms with Crippen LogP contribution in [0.1, 0.15) is 39.0 Å². The van der Waals surface area contributed by atoms with Crippen molar-refractivity contribution >= 4 is 5.78 Å². The van der Waals surface area contributed by atoms with Crippen molar-refractivity contribution in [1.82, 2.24) is 5.32 Å². The maximum absolute atomic E-state index is 11.0. The van der Waals surface area contributed by atoms with Crippen LogP contribution in [0.25, 0.3) is 0 Å². The van der Waals surface area contributed by atoms with Crippen molar-refractivity contribution in [1.29, 1.82) is 0 Å². The van der Waals surface area contributed by atoms with Gasteiger partial charge in [-0.25, -0.2) is 0 Å². The highest BCUT2D eigenvalue weighted by molar-refractivity contribution is 5.79. The minimum atomic E-state index is 0.435. The van der Waals surface area contributed by atoms with Crippen LogP contribution in [-0.2, 0) is 4.79 Å². The Balaban J connectivity index is 2.17. The van der Waals surface area contributed by atoms with E-state index in [-0.39, 0.29) is 0 Å². The zero-order chi connectivity index (χ0) is 8.10. The number of piperidine rings is 1. The second-order valence-corrected chi connectivity index (χ2v) is 3.29. The van der Waals surface area contributed by atoms with E-state index in [0.29, 0.717) is 11.8 Å². The molecule has 2 heteroatoms. The number of rotatable bonds is 3. The first-order chi connectivity index (χ1) is 5.33.